The first-order valence-electron chi connectivity index (χ1n) is 11.9. The molecule has 2 aliphatic rings. The minimum absolute atomic E-state index is 0.0109. The minimum atomic E-state index is -0.574. The molecule has 5 rings (SSSR count). The molecule has 1 aromatic heterocycles. The summed E-state index contributed by atoms with van der Waals surface area (Å²) >= 11 is 0. The molecule has 1 saturated heterocycles. The number of piperidine rings is 1. The first kappa shape index (κ1) is 22.4. The largest absolute Gasteiger partial charge is 0.491 e. The van der Waals surface area contributed by atoms with Gasteiger partial charge in [-0.15, -0.1) is 0 Å². The van der Waals surface area contributed by atoms with E-state index in [1.807, 2.05) is 61.7 Å². The van der Waals surface area contributed by atoms with E-state index in [0.717, 1.165) is 28.1 Å². The summed E-state index contributed by atoms with van der Waals surface area (Å²) in [7, 11) is 0. The van der Waals surface area contributed by atoms with Crippen LogP contribution >= 0.6 is 0 Å². The summed E-state index contributed by atoms with van der Waals surface area (Å²) in [5.74, 6) is 1.18. The highest BCUT2D eigenvalue weighted by Crippen LogP contribution is 2.49. The second kappa shape index (κ2) is 8.46. The van der Waals surface area contributed by atoms with Crippen molar-refractivity contribution in [2.24, 2.45) is 0 Å². The maximum Gasteiger partial charge on any atom is 0.253 e. The minimum Gasteiger partial charge on any atom is -0.491 e. The van der Waals surface area contributed by atoms with Crippen molar-refractivity contribution in [3.05, 3.63) is 65.1 Å². The number of aryl methyl sites for hydroxylation is 2. The third-order valence-electron chi connectivity index (χ3n) is 6.77. The highest BCUT2D eigenvalue weighted by molar-refractivity contribution is 5.94. The second-order valence-electron chi connectivity index (χ2n) is 9.40. The third-order valence-corrected chi connectivity index (χ3v) is 6.77. The lowest BCUT2D eigenvalue weighted by molar-refractivity contribution is -0.00181. The number of carbonyl (C=O) groups is 1. The molecule has 3 heterocycles. The lowest BCUT2D eigenvalue weighted by Gasteiger charge is -2.44. The Bertz CT molecular complexity index is 1240. The van der Waals surface area contributed by atoms with Gasteiger partial charge in [0.15, 0.2) is 0 Å². The fourth-order valence-electron chi connectivity index (χ4n) is 5.08. The molecule has 1 spiro atoms. The van der Waals surface area contributed by atoms with Crippen LogP contribution in [0.3, 0.4) is 0 Å². The van der Waals surface area contributed by atoms with E-state index in [4.69, 9.17) is 9.47 Å². The predicted molar refractivity (Wildman–Crippen MR) is 128 cm³/mol. The van der Waals surface area contributed by atoms with Gasteiger partial charge in [0.2, 0.25) is 0 Å². The van der Waals surface area contributed by atoms with E-state index in [9.17, 15) is 9.18 Å². The summed E-state index contributed by atoms with van der Waals surface area (Å²) in [6.45, 7) is 9.77. The van der Waals surface area contributed by atoms with Gasteiger partial charge in [0, 0.05) is 49.2 Å². The zero-order chi connectivity index (χ0) is 24.0. The highest BCUT2D eigenvalue weighted by Gasteiger charge is 2.46. The molecule has 0 N–H and O–H groups in total. The van der Waals surface area contributed by atoms with Crippen molar-refractivity contribution in [2.45, 2.75) is 58.8 Å². The van der Waals surface area contributed by atoms with E-state index in [1.54, 1.807) is 6.07 Å². The van der Waals surface area contributed by atoms with E-state index in [0.29, 0.717) is 43.8 Å². The Labute approximate surface area is 199 Å². The first-order valence-corrected chi connectivity index (χ1v) is 11.9. The molecule has 3 aromatic rings. The Kier molecular flexibility index (Phi) is 5.58. The van der Waals surface area contributed by atoms with Gasteiger partial charge >= 0.3 is 0 Å². The van der Waals surface area contributed by atoms with Crippen molar-refractivity contribution in [2.75, 3.05) is 13.1 Å². The molecular weight excluding hydrogens is 433 g/mol. The molecular formula is C27H30FN3O3. The number of hydrogen-bond acceptors (Lipinski definition) is 4. The zero-order valence-electron chi connectivity index (χ0n) is 20.1. The Morgan fingerprint density at radius 3 is 2.65 bits per heavy atom. The number of fused-ring (bicyclic) bond motifs is 4. The van der Waals surface area contributed by atoms with Gasteiger partial charge < -0.3 is 14.4 Å². The molecule has 7 heteroatoms. The van der Waals surface area contributed by atoms with Crippen LogP contribution in [0.25, 0.3) is 11.3 Å². The van der Waals surface area contributed by atoms with Gasteiger partial charge in [-0.25, -0.2) is 4.39 Å². The fourth-order valence-corrected chi connectivity index (χ4v) is 5.08. The normalized spacial score (nSPS) is 16.2. The summed E-state index contributed by atoms with van der Waals surface area (Å²) in [5.41, 5.74) is 3.66. The summed E-state index contributed by atoms with van der Waals surface area (Å²) < 4.78 is 28.3. The van der Waals surface area contributed by atoms with E-state index in [-0.39, 0.29) is 17.8 Å². The van der Waals surface area contributed by atoms with Gasteiger partial charge in [-0.2, -0.15) is 5.10 Å². The zero-order valence-corrected chi connectivity index (χ0v) is 20.1. The Balaban J connectivity index is 1.39. The van der Waals surface area contributed by atoms with Crippen LogP contribution in [0.1, 0.15) is 55.1 Å². The number of aromatic nitrogens is 2. The van der Waals surface area contributed by atoms with Crippen molar-refractivity contribution < 1.29 is 18.7 Å². The van der Waals surface area contributed by atoms with Crippen LogP contribution in [0.4, 0.5) is 4.39 Å². The lowest BCUT2D eigenvalue weighted by Crippen LogP contribution is -2.49. The molecule has 0 saturated carbocycles. The summed E-state index contributed by atoms with van der Waals surface area (Å²) in [6, 6.07) is 10.3. The molecule has 0 unspecified atom stereocenters. The number of nitrogens with zero attached hydrogens (tertiary/aromatic N) is 3. The van der Waals surface area contributed by atoms with Gasteiger partial charge in [0.1, 0.15) is 22.9 Å². The molecule has 178 valence electrons. The number of rotatable bonds is 4. The summed E-state index contributed by atoms with van der Waals surface area (Å²) in [6.07, 6.45) is 3.22. The quantitative estimate of drug-likeness (QED) is 0.525. The van der Waals surface area contributed by atoms with Crippen molar-refractivity contribution in [1.82, 2.24) is 14.7 Å². The average Bonchev–Trinajstić information content (AvgIpc) is 3.26. The third kappa shape index (κ3) is 3.73. The van der Waals surface area contributed by atoms with Crippen LogP contribution in [-0.4, -0.2) is 39.8 Å². The number of likely N-dealkylation sites (tertiary alicyclic amines) is 1. The van der Waals surface area contributed by atoms with E-state index >= 15 is 0 Å². The topological polar surface area (TPSA) is 56.6 Å². The van der Waals surface area contributed by atoms with E-state index in [1.165, 1.54) is 12.1 Å². The molecule has 1 amide bonds. The van der Waals surface area contributed by atoms with Crippen LogP contribution in [-0.2, 0) is 12.1 Å². The van der Waals surface area contributed by atoms with Gasteiger partial charge in [-0.3, -0.25) is 9.48 Å². The van der Waals surface area contributed by atoms with E-state index in [2.05, 4.69) is 5.10 Å². The Morgan fingerprint density at radius 2 is 1.97 bits per heavy atom. The van der Waals surface area contributed by atoms with Gasteiger partial charge in [0.25, 0.3) is 5.91 Å². The average molecular weight is 464 g/mol. The van der Waals surface area contributed by atoms with Crippen molar-refractivity contribution >= 4 is 5.91 Å². The molecule has 1 fully saturated rings. The van der Waals surface area contributed by atoms with Crippen LogP contribution in [0, 0.1) is 12.7 Å². The number of amides is 1. The molecule has 0 bridgehead atoms. The van der Waals surface area contributed by atoms with Crippen molar-refractivity contribution in [3.63, 3.8) is 0 Å². The molecule has 0 radical (unpaired) electrons. The predicted octanol–water partition coefficient (Wildman–Crippen LogP) is 5.33. The van der Waals surface area contributed by atoms with Gasteiger partial charge in [0.05, 0.1) is 18.0 Å². The SMILES string of the molecule is CCn1ncc2c1-c1cc(F)ccc1OC21CCN(C(=O)c2ccc(OC(C)C)c(C)c2)CC1. The smallest absolute Gasteiger partial charge is 0.253 e. The maximum absolute atomic E-state index is 14.0. The van der Waals surface area contributed by atoms with Crippen LogP contribution in [0.5, 0.6) is 11.5 Å². The number of ether oxygens (including phenoxy) is 2. The van der Waals surface area contributed by atoms with Crippen LogP contribution < -0.4 is 9.47 Å². The second-order valence-corrected chi connectivity index (χ2v) is 9.40. The Morgan fingerprint density at radius 1 is 1.21 bits per heavy atom. The molecule has 6 nitrogen and oxygen atoms in total. The van der Waals surface area contributed by atoms with Crippen LogP contribution in [0.15, 0.2) is 42.6 Å². The van der Waals surface area contributed by atoms with E-state index < -0.39 is 5.60 Å². The number of halogens is 1. The highest BCUT2D eigenvalue weighted by atomic mass is 19.1. The molecule has 0 aliphatic carbocycles. The fraction of sp³-hybridized carbons (Fsp3) is 0.407. The van der Waals surface area contributed by atoms with Gasteiger partial charge in [-0.05, 0) is 69.7 Å². The number of carbonyl (C=O) groups excluding carboxylic acids is 1. The van der Waals surface area contributed by atoms with Crippen LogP contribution in [0.2, 0.25) is 0 Å². The monoisotopic (exact) mass is 463 g/mol. The molecule has 2 aromatic carbocycles. The number of benzene rings is 2. The molecule has 0 atom stereocenters. The van der Waals surface area contributed by atoms with Crippen molar-refractivity contribution in [3.8, 4) is 22.8 Å². The Hall–Kier alpha value is -3.35. The maximum atomic E-state index is 14.0. The molecule has 34 heavy (non-hydrogen) atoms. The standard InChI is InChI=1S/C27H30FN3O3/c1-5-31-25-21-15-20(28)7-9-24(21)34-27(22(25)16-29-31)10-12-30(13-11-27)26(32)19-6-8-23(18(4)14-19)33-17(2)3/h6-9,14-17H,5,10-13H2,1-4H3. The van der Waals surface area contributed by atoms with Crippen molar-refractivity contribution in [1.29, 1.82) is 0 Å². The number of hydrogen-bond donors (Lipinski definition) is 0. The van der Waals surface area contributed by atoms with Gasteiger partial charge in [-0.1, -0.05) is 0 Å². The summed E-state index contributed by atoms with van der Waals surface area (Å²) in [5, 5.41) is 4.56. The molecule has 2 aliphatic heterocycles. The lowest BCUT2D eigenvalue weighted by atomic mass is 9.81. The summed E-state index contributed by atoms with van der Waals surface area (Å²) in [4.78, 5) is 15.2. The first-order chi connectivity index (χ1) is 16.3.